The lowest BCUT2D eigenvalue weighted by Crippen LogP contribution is -2.05. The summed E-state index contributed by atoms with van der Waals surface area (Å²) in [4.78, 5) is 4.40. The maximum atomic E-state index is 6.07. The SMILES string of the molecule is COCCCNc1cc(-c2cc(C#CC(C)(C)C)c3[nH]nc(N)c3c2)ccn1. The fraction of sp³-hybridized carbons (Fsp3) is 0.364. The van der Waals surface area contributed by atoms with Crippen LogP contribution in [-0.2, 0) is 4.74 Å². The van der Waals surface area contributed by atoms with Gasteiger partial charge in [0.05, 0.1) is 11.1 Å². The Bertz CT molecular complexity index is 1020. The number of pyridine rings is 1. The number of hydrogen-bond acceptors (Lipinski definition) is 5. The predicted molar refractivity (Wildman–Crippen MR) is 115 cm³/mol. The summed E-state index contributed by atoms with van der Waals surface area (Å²) >= 11 is 0. The lowest BCUT2D eigenvalue weighted by molar-refractivity contribution is 0.198. The van der Waals surface area contributed by atoms with E-state index in [9.17, 15) is 0 Å². The van der Waals surface area contributed by atoms with Gasteiger partial charge in [-0.1, -0.05) is 11.8 Å². The van der Waals surface area contributed by atoms with Crippen LogP contribution in [0.5, 0.6) is 0 Å². The Hall–Kier alpha value is -3.04. The first-order chi connectivity index (χ1) is 13.4. The smallest absolute Gasteiger partial charge is 0.153 e. The van der Waals surface area contributed by atoms with Gasteiger partial charge >= 0.3 is 0 Å². The predicted octanol–water partition coefficient (Wildman–Crippen LogP) is 4.05. The van der Waals surface area contributed by atoms with Crippen LogP contribution in [0.4, 0.5) is 11.6 Å². The fourth-order valence-electron chi connectivity index (χ4n) is 2.80. The van der Waals surface area contributed by atoms with Gasteiger partial charge in [0.15, 0.2) is 5.82 Å². The monoisotopic (exact) mass is 377 g/mol. The molecule has 1 aromatic carbocycles. The number of hydrogen-bond donors (Lipinski definition) is 3. The van der Waals surface area contributed by atoms with E-state index in [2.05, 4.69) is 59.2 Å². The van der Waals surface area contributed by atoms with Crippen molar-refractivity contribution < 1.29 is 4.74 Å². The highest BCUT2D eigenvalue weighted by molar-refractivity contribution is 5.96. The van der Waals surface area contributed by atoms with Gasteiger partial charge in [-0.3, -0.25) is 5.10 Å². The number of benzene rings is 1. The van der Waals surface area contributed by atoms with Crippen molar-refractivity contribution in [3.63, 3.8) is 0 Å². The van der Waals surface area contributed by atoms with Crippen LogP contribution < -0.4 is 11.1 Å². The summed E-state index contributed by atoms with van der Waals surface area (Å²) in [5, 5.41) is 11.4. The highest BCUT2D eigenvalue weighted by atomic mass is 16.5. The van der Waals surface area contributed by atoms with Gasteiger partial charge in [0.1, 0.15) is 5.82 Å². The summed E-state index contributed by atoms with van der Waals surface area (Å²) in [5.74, 6) is 7.89. The van der Waals surface area contributed by atoms with Crippen molar-refractivity contribution in [3.05, 3.63) is 36.0 Å². The quantitative estimate of drug-likeness (QED) is 0.445. The number of rotatable bonds is 6. The van der Waals surface area contributed by atoms with E-state index in [1.807, 2.05) is 18.2 Å². The summed E-state index contributed by atoms with van der Waals surface area (Å²) in [6.07, 6.45) is 2.73. The van der Waals surface area contributed by atoms with Crippen LogP contribution in [0.1, 0.15) is 32.8 Å². The van der Waals surface area contributed by atoms with E-state index in [0.717, 1.165) is 53.0 Å². The lowest BCUT2D eigenvalue weighted by atomic mass is 9.96. The second-order valence-electron chi connectivity index (χ2n) is 7.76. The molecule has 6 heteroatoms. The largest absolute Gasteiger partial charge is 0.385 e. The molecule has 3 rings (SSSR count). The van der Waals surface area contributed by atoms with E-state index in [0.29, 0.717) is 5.82 Å². The number of nitrogens with zero attached hydrogens (tertiary/aromatic N) is 2. The van der Waals surface area contributed by atoms with Crippen LogP contribution in [0.3, 0.4) is 0 Å². The number of aromatic amines is 1. The van der Waals surface area contributed by atoms with Crippen molar-refractivity contribution >= 4 is 22.5 Å². The molecule has 2 heterocycles. The second-order valence-corrected chi connectivity index (χ2v) is 7.76. The number of ether oxygens (including phenoxy) is 1. The van der Waals surface area contributed by atoms with Gasteiger partial charge in [-0.2, -0.15) is 5.10 Å². The molecule has 0 aliphatic heterocycles. The molecule has 0 aliphatic carbocycles. The first kappa shape index (κ1) is 19.7. The van der Waals surface area contributed by atoms with Crippen LogP contribution >= 0.6 is 0 Å². The molecule has 2 aromatic heterocycles. The van der Waals surface area contributed by atoms with E-state index in [1.54, 1.807) is 13.3 Å². The third kappa shape index (κ3) is 4.81. The van der Waals surface area contributed by atoms with Gasteiger partial charge in [0.25, 0.3) is 0 Å². The minimum atomic E-state index is -0.0934. The molecular weight excluding hydrogens is 350 g/mol. The molecule has 3 aromatic rings. The van der Waals surface area contributed by atoms with Crippen LogP contribution in [0.25, 0.3) is 22.0 Å². The van der Waals surface area contributed by atoms with Crippen molar-refractivity contribution in [2.24, 2.45) is 5.41 Å². The van der Waals surface area contributed by atoms with Gasteiger partial charge in [-0.25, -0.2) is 4.98 Å². The van der Waals surface area contributed by atoms with E-state index in [4.69, 9.17) is 10.5 Å². The molecule has 0 bridgehead atoms. The maximum Gasteiger partial charge on any atom is 0.153 e. The zero-order valence-electron chi connectivity index (χ0n) is 16.9. The van der Waals surface area contributed by atoms with Gasteiger partial charge in [0, 0.05) is 37.3 Å². The first-order valence-corrected chi connectivity index (χ1v) is 9.37. The number of anilines is 2. The molecular formula is C22H27N5O. The highest BCUT2D eigenvalue weighted by Crippen LogP contribution is 2.30. The second kappa shape index (κ2) is 8.32. The summed E-state index contributed by atoms with van der Waals surface area (Å²) in [6, 6.07) is 8.13. The number of aromatic nitrogens is 3. The number of methoxy groups -OCH3 is 1. The Morgan fingerprint density at radius 1 is 1.21 bits per heavy atom. The third-order valence-electron chi connectivity index (χ3n) is 4.20. The van der Waals surface area contributed by atoms with Gasteiger partial charge < -0.3 is 15.8 Å². The van der Waals surface area contributed by atoms with E-state index in [-0.39, 0.29) is 5.41 Å². The van der Waals surface area contributed by atoms with E-state index >= 15 is 0 Å². The van der Waals surface area contributed by atoms with Gasteiger partial charge in [0.2, 0.25) is 0 Å². The molecule has 0 saturated heterocycles. The van der Waals surface area contributed by atoms with Gasteiger partial charge in [-0.05, 0) is 62.6 Å². The lowest BCUT2D eigenvalue weighted by Gasteiger charge is -2.09. The normalized spacial score (nSPS) is 11.3. The molecule has 0 spiro atoms. The molecule has 146 valence electrons. The summed E-state index contributed by atoms with van der Waals surface area (Å²) < 4.78 is 5.08. The van der Waals surface area contributed by atoms with Crippen molar-refractivity contribution in [2.75, 3.05) is 31.3 Å². The molecule has 0 saturated carbocycles. The molecule has 4 N–H and O–H groups in total. The molecule has 0 atom stereocenters. The molecule has 28 heavy (non-hydrogen) atoms. The number of nitrogens with one attached hydrogen (secondary N) is 2. The number of H-pyrrole nitrogens is 1. The average Bonchev–Trinajstić information content (AvgIpc) is 3.04. The van der Waals surface area contributed by atoms with Crippen LogP contribution in [0.2, 0.25) is 0 Å². The fourth-order valence-corrected chi connectivity index (χ4v) is 2.80. The molecule has 6 nitrogen and oxygen atoms in total. The van der Waals surface area contributed by atoms with Crippen LogP contribution in [-0.4, -0.2) is 35.4 Å². The Morgan fingerprint density at radius 3 is 2.79 bits per heavy atom. The van der Waals surface area contributed by atoms with Crippen molar-refractivity contribution in [1.29, 1.82) is 0 Å². The number of nitrogens with two attached hydrogens (primary N) is 1. The summed E-state index contributed by atoms with van der Waals surface area (Å²) in [7, 11) is 1.71. The Balaban J connectivity index is 1.99. The Kier molecular flexibility index (Phi) is 5.86. The highest BCUT2D eigenvalue weighted by Gasteiger charge is 2.11. The van der Waals surface area contributed by atoms with Crippen LogP contribution in [0, 0.1) is 17.3 Å². The molecule has 0 amide bonds. The standard InChI is InChI=1S/C22H27N5O/c1-22(2,3)8-6-16-12-17(13-18-20(16)26-27-21(18)23)15-7-10-25-19(14-15)24-9-5-11-28-4/h7,10,12-14H,5,9,11H2,1-4H3,(H,24,25)(H3,23,26,27). The molecule has 0 fully saturated rings. The zero-order valence-corrected chi connectivity index (χ0v) is 16.9. The summed E-state index contributed by atoms with van der Waals surface area (Å²) in [5.41, 5.74) is 9.81. The molecule has 0 unspecified atom stereocenters. The Labute approximate surface area is 165 Å². The zero-order chi connectivity index (χ0) is 20.1. The third-order valence-corrected chi connectivity index (χ3v) is 4.20. The Morgan fingerprint density at radius 2 is 2.04 bits per heavy atom. The summed E-state index contributed by atoms with van der Waals surface area (Å²) in [6.45, 7) is 7.80. The average molecular weight is 377 g/mol. The first-order valence-electron chi connectivity index (χ1n) is 9.37. The van der Waals surface area contributed by atoms with Gasteiger partial charge in [-0.15, -0.1) is 0 Å². The minimum absolute atomic E-state index is 0.0934. The maximum absolute atomic E-state index is 6.07. The minimum Gasteiger partial charge on any atom is -0.385 e. The van der Waals surface area contributed by atoms with Crippen molar-refractivity contribution in [1.82, 2.24) is 15.2 Å². The number of nitrogen functional groups attached to an aromatic ring is 1. The van der Waals surface area contributed by atoms with E-state index in [1.165, 1.54) is 0 Å². The molecule has 0 aliphatic rings. The van der Waals surface area contributed by atoms with Crippen molar-refractivity contribution in [2.45, 2.75) is 27.2 Å². The topological polar surface area (TPSA) is 88.8 Å². The van der Waals surface area contributed by atoms with E-state index < -0.39 is 0 Å². The number of fused-ring (bicyclic) bond motifs is 1. The van der Waals surface area contributed by atoms with Crippen molar-refractivity contribution in [3.8, 4) is 23.0 Å². The van der Waals surface area contributed by atoms with Crippen LogP contribution in [0.15, 0.2) is 30.5 Å². The molecule has 0 radical (unpaired) electrons.